The first-order chi connectivity index (χ1) is 12.4. The highest BCUT2D eigenvalue weighted by Crippen LogP contribution is 2.37. The maximum absolute atomic E-state index is 14.3. The molecule has 0 saturated carbocycles. The van der Waals surface area contributed by atoms with Crippen LogP contribution in [0, 0.1) is 5.82 Å². The number of alkyl halides is 2. The molecule has 0 saturated heterocycles. The Morgan fingerprint density at radius 3 is 2.81 bits per heavy atom. The van der Waals surface area contributed by atoms with Gasteiger partial charge in [0.15, 0.2) is 5.82 Å². The largest absolute Gasteiger partial charge is 0.385 e. The van der Waals surface area contributed by atoms with Gasteiger partial charge in [-0.15, -0.1) is 0 Å². The normalized spacial score (nSPS) is 11.6. The van der Waals surface area contributed by atoms with Gasteiger partial charge in [-0.2, -0.15) is 0 Å². The molecule has 3 aromatic heterocycles. The molecular weight excluding hydrogens is 415 g/mol. The highest BCUT2D eigenvalue weighted by atomic mass is 79.9. The van der Waals surface area contributed by atoms with Crippen LogP contribution in [0.15, 0.2) is 23.1 Å². The maximum Gasteiger partial charge on any atom is 0.282 e. The molecule has 26 heavy (non-hydrogen) atoms. The average Bonchev–Trinajstić information content (AvgIpc) is 2.94. The molecule has 0 unspecified atom stereocenters. The standard InChI is InChI=1S/C16H15BrF3N5O/c1-26-4-2-3-25-7-9(12-10(18)6-22-16(21)24-12)8-5-11(17)23-13(14(8)25)15(19)20/h5-7,15H,2-4H2,1H3,(H2,21,22,24). The second-order valence-electron chi connectivity index (χ2n) is 5.53. The van der Waals surface area contributed by atoms with Gasteiger partial charge in [0.25, 0.3) is 6.43 Å². The molecule has 0 amide bonds. The molecule has 6 nitrogen and oxygen atoms in total. The summed E-state index contributed by atoms with van der Waals surface area (Å²) in [7, 11) is 1.56. The number of hydrogen-bond acceptors (Lipinski definition) is 5. The molecule has 0 aliphatic carbocycles. The van der Waals surface area contributed by atoms with Gasteiger partial charge in [-0.1, -0.05) is 0 Å². The van der Waals surface area contributed by atoms with E-state index in [-0.39, 0.29) is 27.5 Å². The summed E-state index contributed by atoms with van der Waals surface area (Å²) < 4.78 is 48.2. The van der Waals surface area contributed by atoms with Crippen LogP contribution in [0.2, 0.25) is 0 Å². The molecule has 138 valence electrons. The fraction of sp³-hybridized carbons (Fsp3) is 0.312. The quantitative estimate of drug-likeness (QED) is 0.473. The molecule has 0 aliphatic heterocycles. The number of nitrogen functional groups attached to an aromatic ring is 1. The zero-order valence-electron chi connectivity index (χ0n) is 13.7. The van der Waals surface area contributed by atoms with Crippen molar-refractivity contribution in [3.8, 4) is 11.3 Å². The summed E-state index contributed by atoms with van der Waals surface area (Å²) in [5.74, 6) is -0.800. The average molecular weight is 430 g/mol. The Kier molecular flexibility index (Phi) is 5.42. The lowest BCUT2D eigenvalue weighted by Gasteiger charge is -2.09. The number of ether oxygens (including phenoxy) is 1. The van der Waals surface area contributed by atoms with Crippen LogP contribution in [0.3, 0.4) is 0 Å². The number of halogens is 4. The fourth-order valence-corrected chi connectivity index (χ4v) is 3.21. The van der Waals surface area contributed by atoms with Crippen LogP contribution < -0.4 is 5.73 Å². The maximum atomic E-state index is 14.3. The minimum absolute atomic E-state index is 0.0497. The van der Waals surface area contributed by atoms with Crippen molar-refractivity contribution < 1.29 is 17.9 Å². The molecular formula is C16H15BrF3N5O. The van der Waals surface area contributed by atoms with E-state index in [1.54, 1.807) is 23.9 Å². The monoisotopic (exact) mass is 429 g/mol. The second-order valence-corrected chi connectivity index (χ2v) is 6.35. The van der Waals surface area contributed by atoms with Crippen molar-refractivity contribution >= 4 is 32.8 Å². The molecule has 0 fully saturated rings. The number of aromatic nitrogens is 4. The minimum Gasteiger partial charge on any atom is -0.385 e. The number of fused-ring (bicyclic) bond motifs is 1. The Hall–Kier alpha value is -2.20. The van der Waals surface area contributed by atoms with Gasteiger partial charge in [0.2, 0.25) is 5.95 Å². The Bertz CT molecular complexity index is 947. The van der Waals surface area contributed by atoms with Crippen LogP contribution in [-0.4, -0.2) is 33.2 Å². The summed E-state index contributed by atoms with van der Waals surface area (Å²) in [5.41, 5.74) is 5.70. The first-order valence-corrected chi connectivity index (χ1v) is 8.46. The van der Waals surface area contributed by atoms with Crippen LogP contribution in [0.4, 0.5) is 19.1 Å². The van der Waals surface area contributed by atoms with Crippen molar-refractivity contribution in [1.82, 2.24) is 19.5 Å². The number of nitrogens with two attached hydrogens (primary N) is 1. The zero-order chi connectivity index (χ0) is 18.8. The summed E-state index contributed by atoms with van der Waals surface area (Å²) in [6, 6.07) is 1.56. The van der Waals surface area contributed by atoms with E-state index in [0.29, 0.717) is 30.5 Å². The van der Waals surface area contributed by atoms with Crippen molar-refractivity contribution in [3.05, 3.63) is 34.6 Å². The number of aryl methyl sites for hydroxylation is 1. The molecule has 3 aromatic rings. The summed E-state index contributed by atoms with van der Waals surface area (Å²) in [6.07, 6.45) is 0.327. The fourth-order valence-electron chi connectivity index (χ4n) is 2.79. The molecule has 0 spiro atoms. The van der Waals surface area contributed by atoms with Gasteiger partial charge >= 0.3 is 0 Å². The van der Waals surface area contributed by atoms with Crippen LogP contribution in [-0.2, 0) is 11.3 Å². The predicted molar refractivity (Wildman–Crippen MR) is 94.3 cm³/mol. The predicted octanol–water partition coefficient (Wildman–Crippen LogP) is 3.95. The highest BCUT2D eigenvalue weighted by molar-refractivity contribution is 9.10. The van der Waals surface area contributed by atoms with Crippen LogP contribution in [0.25, 0.3) is 22.2 Å². The molecule has 0 aliphatic rings. The van der Waals surface area contributed by atoms with Gasteiger partial charge in [-0.05, 0) is 28.4 Å². The lowest BCUT2D eigenvalue weighted by atomic mass is 10.1. The van der Waals surface area contributed by atoms with Gasteiger partial charge in [0.05, 0.1) is 11.7 Å². The van der Waals surface area contributed by atoms with Crippen molar-refractivity contribution in [3.63, 3.8) is 0 Å². The Morgan fingerprint density at radius 1 is 1.35 bits per heavy atom. The molecule has 3 rings (SSSR count). The van der Waals surface area contributed by atoms with E-state index in [1.807, 2.05) is 0 Å². The topological polar surface area (TPSA) is 78.9 Å². The van der Waals surface area contributed by atoms with Gasteiger partial charge in [-0.3, -0.25) is 0 Å². The third kappa shape index (κ3) is 3.51. The Balaban J connectivity index is 2.28. The van der Waals surface area contributed by atoms with E-state index in [1.165, 1.54) is 0 Å². The minimum atomic E-state index is -2.79. The number of hydrogen-bond donors (Lipinski definition) is 1. The number of nitrogens with zero attached hydrogens (tertiary/aromatic N) is 4. The van der Waals surface area contributed by atoms with E-state index in [4.69, 9.17) is 10.5 Å². The molecule has 0 aromatic carbocycles. The number of anilines is 1. The van der Waals surface area contributed by atoms with Crippen molar-refractivity contribution in [1.29, 1.82) is 0 Å². The van der Waals surface area contributed by atoms with Crippen molar-refractivity contribution in [2.24, 2.45) is 0 Å². The van der Waals surface area contributed by atoms with E-state index in [9.17, 15) is 13.2 Å². The lowest BCUT2D eigenvalue weighted by molar-refractivity contribution is 0.147. The van der Waals surface area contributed by atoms with E-state index in [0.717, 1.165) is 6.20 Å². The van der Waals surface area contributed by atoms with Gasteiger partial charge < -0.3 is 15.0 Å². The van der Waals surface area contributed by atoms with Gasteiger partial charge in [0.1, 0.15) is 16.0 Å². The van der Waals surface area contributed by atoms with E-state index >= 15 is 0 Å². The lowest BCUT2D eigenvalue weighted by Crippen LogP contribution is -2.03. The molecule has 10 heteroatoms. The summed E-state index contributed by atoms with van der Waals surface area (Å²) in [5, 5.41) is 0.400. The van der Waals surface area contributed by atoms with E-state index in [2.05, 4.69) is 30.9 Å². The molecule has 0 bridgehead atoms. The zero-order valence-corrected chi connectivity index (χ0v) is 15.3. The SMILES string of the molecule is COCCCn1cc(-c2nc(N)ncc2F)c2cc(Br)nc(C(F)F)c21. The smallest absolute Gasteiger partial charge is 0.282 e. The highest BCUT2D eigenvalue weighted by Gasteiger charge is 2.23. The van der Waals surface area contributed by atoms with Crippen molar-refractivity contribution in [2.45, 2.75) is 19.4 Å². The van der Waals surface area contributed by atoms with Gasteiger partial charge in [-0.25, -0.2) is 28.1 Å². The molecule has 3 heterocycles. The molecule has 2 N–H and O–H groups in total. The number of pyridine rings is 1. The first-order valence-electron chi connectivity index (χ1n) is 7.67. The summed E-state index contributed by atoms with van der Waals surface area (Å²) >= 11 is 3.14. The van der Waals surface area contributed by atoms with Crippen molar-refractivity contribution in [2.75, 3.05) is 19.5 Å². The number of rotatable bonds is 6. The van der Waals surface area contributed by atoms with E-state index < -0.39 is 12.2 Å². The third-order valence-electron chi connectivity index (χ3n) is 3.82. The number of methoxy groups -OCH3 is 1. The Labute approximate surface area is 155 Å². The first kappa shape index (κ1) is 18.6. The second kappa shape index (κ2) is 7.58. The van der Waals surface area contributed by atoms with Crippen LogP contribution in [0.1, 0.15) is 18.5 Å². The molecule has 0 atom stereocenters. The molecule has 0 radical (unpaired) electrons. The van der Waals surface area contributed by atoms with Crippen LogP contribution in [0.5, 0.6) is 0 Å². The van der Waals surface area contributed by atoms with Crippen LogP contribution >= 0.6 is 15.9 Å². The summed E-state index contributed by atoms with van der Waals surface area (Å²) in [4.78, 5) is 11.4. The van der Waals surface area contributed by atoms with Gasteiger partial charge in [0, 0.05) is 37.4 Å². The Morgan fingerprint density at radius 2 is 2.12 bits per heavy atom. The third-order valence-corrected chi connectivity index (χ3v) is 4.23. The summed E-state index contributed by atoms with van der Waals surface area (Å²) in [6.45, 7) is 0.855.